The molecule has 20 heavy (non-hydrogen) atoms. The van der Waals surface area contributed by atoms with Crippen LogP contribution < -0.4 is 5.32 Å². The first kappa shape index (κ1) is 15.5. The summed E-state index contributed by atoms with van der Waals surface area (Å²) in [6.45, 7) is 0.345. The van der Waals surface area contributed by atoms with Crippen molar-refractivity contribution in [2.45, 2.75) is 50.7 Å². The molecule has 0 bridgehead atoms. The van der Waals surface area contributed by atoms with E-state index in [0.717, 1.165) is 22.9 Å². The Bertz CT molecular complexity index is 456. The Kier molecular flexibility index (Phi) is 5.61. The van der Waals surface area contributed by atoms with E-state index in [4.69, 9.17) is 4.74 Å². The largest absolute Gasteiger partial charge is 0.461 e. The van der Waals surface area contributed by atoms with Gasteiger partial charge in [-0.15, -0.1) is 0 Å². The third-order valence-corrected chi connectivity index (χ3v) is 4.61. The summed E-state index contributed by atoms with van der Waals surface area (Å²) in [5.41, 5.74) is 0.960. The van der Waals surface area contributed by atoms with Crippen LogP contribution in [0.15, 0.2) is 28.7 Å². The Hall–Kier alpha value is -0.870. The van der Waals surface area contributed by atoms with Gasteiger partial charge < -0.3 is 10.1 Å². The van der Waals surface area contributed by atoms with Crippen LogP contribution in [0.1, 0.15) is 44.1 Å². The first-order valence-corrected chi connectivity index (χ1v) is 8.02. The van der Waals surface area contributed by atoms with Crippen LogP contribution in [0, 0.1) is 0 Å². The van der Waals surface area contributed by atoms with Gasteiger partial charge in [-0.3, -0.25) is 4.79 Å². The number of benzene rings is 1. The number of halogens is 1. The highest BCUT2D eigenvalue weighted by Crippen LogP contribution is 2.31. The van der Waals surface area contributed by atoms with E-state index >= 15 is 0 Å². The number of carbonyl (C=O) groups is 1. The van der Waals surface area contributed by atoms with Gasteiger partial charge in [0.15, 0.2) is 0 Å². The zero-order valence-electron chi connectivity index (χ0n) is 12.0. The van der Waals surface area contributed by atoms with E-state index in [1.54, 1.807) is 0 Å². The Morgan fingerprint density at radius 3 is 2.75 bits per heavy atom. The van der Waals surface area contributed by atoms with Crippen LogP contribution in [-0.4, -0.2) is 18.6 Å². The maximum Gasteiger partial charge on any atom is 0.307 e. The minimum Gasteiger partial charge on any atom is -0.461 e. The Balaban J connectivity index is 1.85. The van der Waals surface area contributed by atoms with Gasteiger partial charge in [-0.05, 0) is 37.6 Å². The first-order chi connectivity index (χ1) is 9.63. The van der Waals surface area contributed by atoms with Crippen molar-refractivity contribution in [3.05, 3.63) is 34.3 Å². The van der Waals surface area contributed by atoms with Crippen LogP contribution in [0.2, 0.25) is 0 Å². The van der Waals surface area contributed by atoms with Gasteiger partial charge in [0.05, 0.1) is 6.42 Å². The quantitative estimate of drug-likeness (QED) is 0.829. The van der Waals surface area contributed by atoms with E-state index in [1.807, 2.05) is 31.3 Å². The molecule has 110 valence electrons. The molecule has 0 atom stereocenters. The van der Waals surface area contributed by atoms with E-state index in [0.29, 0.717) is 13.0 Å². The highest BCUT2D eigenvalue weighted by molar-refractivity contribution is 9.10. The zero-order valence-corrected chi connectivity index (χ0v) is 13.5. The molecule has 1 N–H and O–H groups in total. The fourth-order valence-electron chi connectivity index (χ4n) is 2.86. The minimum absolute atomic E-state index is 0.0490. The number of carbonyl (C=O) groups excluding carboxylic acids is 1. The fraction of sp³-hybridized carbons (Fsp3) is 0.562. The molecule has 0 spiro atoms. The van der Waals surface area contributed by atoms with Crippen LogP contribution >= 0.6 is 15.9 Å². The molecule has 0 unspecified atom stereocenters. The molecule has 1 saturated carbocycles. The zero-order chi connectivity index (χ0) is 14.4. The number of esters is 1. The SMILES string of the molecule is CNC1(CC(=O)OCc2cccc(Br)c2)CCCCC1. The van der Waals surface area contributed by atoms with E-state index in [-0.39, 0.29) is 11.5 Å². The highest BCUT2D eigenvalue weighted by Gasteiger charge is 2.33. The Morgan fingerprint density at radius 2 is 2.10 bits per heavy atom. The normalized spacial score (nSPS) is 17.7. The van der Waals surface area contributed by atoms with E-state index < -0.39 is 0 Å². The molecule has 1 aliphatic rings. The summed E-state index contributed by atoms with van der Waals surface area (Å²) in [6, 6.07) is 7.85. The lowest BCUT2D eigenvalue weighted by Crippen LogP contribution is -2.46. The molecular formula is C16H22BrNO2. The molecule has 1 fully saturated rings. The Morgan fingerprint density at radius 1 is 1.35 bits per heavy atom. The molecule has 0 radical (unpaired) electrons. The van der Waals surface area contributed by atoms with Crippen molar-refractivity contribution in [1.29, 1.82) is 0 Å². The summed E-state index contributed by atoms with van der Waals surface area (Å²) in [5.74, 6) is -0.110. The van der Waals surface area contributed by atoms with Gasteiger partial charge in [-0.1, -0.05) is 47.3 Å². The average molecular weight is 340 g/mol. The van der Waals surface area contributed by atoms with Gasteiger partial charge in [-0.2, -0.15) is 0 Å². The molecule has 1 aromatic rings. The summed E-state index contributed by atoms with van der Waals surface area (Å²) in [6.07, 6.45) is 6.26. The third-order valence-electron chi connectivity index (χ3n) is 4.11. The van der Waals surface area contributed by atoms with Crippen molar-refractivity contribution < 1.29 is 9.53 Å². The van der Waals surface area contributed by atoms with Gasteiger partial charge in [0.25, 0.3) is 0 Å². The molecule has 1 aromatic carbocycles. The average Bonchev–Trinajstić information content (AvgIpc) is 2.46. The molecule has 0 aliphatic heterocycles. The molecule has 3 nitrogen and oxygen atoms in total. The molecule has 1 aliphatic carbocycles. The summed E-state index contributed by atoms with van der Waals surface area (Å²) in [5, 5.41) is 3.35. The van der Waals surface area contributed by atoms with Gasteiger partial charge in [0, 0.05) is 10.0 Å². The lowest BCUT2D eigenvalue weighted by Gasteiger charge is -2.36. The van der Waals surface area contributed by atoms with Crippen molar-refractivity contribution in [3.63, 3.8) is 0 Å². The second-order valence-corrected chi connectivity index (χ2v) is 6.47. The molecule has 0 amide bonds. The summed E-state index contributed by atoms with van der Waals surface area (Å²) in [4.78, 5) is 12.1. The molecule has 2 rings (SSSR count). The van der Waals surface area contributed by atoms with Gasteiger partial charge in [0.2, 0.25) is 0 Å². The predicted octanol–water partition coefficient (Wildman–Crippen LogP) is 3.80. The predicted molar refractivity (Wildman–Crippen MR) is 83.4 cm³/mol. The van der Waals surface area contributed by atoms with Crippen LogP contribution in [0.3, 0.4) is 0 Å². The summed E-state index contributed by atoms with van der Waals surface area (Å²) < 4.78 is 6.42. The van der Waals surface area contributed by atoms with Crippen molar-refractivity contribution in [3.8, 4) is 0 Å². The van der Waals surface area contributed by atoms with E-state index in [1.165, 1.54) is 19.3 Å². The van der Waals surface area contributed by atoms with E-state index in [2.05, 4.69) is 21.2 Å². The van der Waals surface area contributed by atoms with Crippen molar-refractivity contribution in [1.82, 2.24) is 5.32 Å². The van der Waals surface area contributed by atoms with Crippen molar-refractivity contribution in [2.75, 3.05) is 7.05 Å². The fourth-order valence-corrected chi connectivity index (χ4v) is 3.31. The maximum absolute atomic E-state index is 12.1. The number of hydrogen-bond acceptors (Lipinski definition) is 3. The number of hydrogen-bond donors (Lipinski definition) is 1. The van der Waals surface area contributed by atoms with E-state index in [9.17, 15) is 4.79 Å². The molecular weight excluding hydrogens is 318 g/mol. The minimum atomic E-state index is -0.110. The second-order valence-electron chi connectivity index (χ2n) is 5.56. The molecule has 4 heteroatoms. The Labute approximate surface area is 129 Å². The van der Waals surface area contributed by atoms with Gasteiger partial charge >= 0.3 is 5.97 Å². The standard InChI is InChI=1S/C16H22BrNO2/c1-18-16(8-3-2-4-9-16)11-15(19)20-12-13-6-5-7-14(17)10-13/h5-7,10,18H,2-4,8-9,11-12H2,1H3. The lowest BCUT2D eigenvalue weighted by atomic mass is 9.79. The lowest BCUT2D eigenvalue weighted by molar-refractivity contribution is -0.147. The monoisotopic (exact) mass is 339 g/mol. The van der Waals surface area contributed by atoms with Crippen molar-refractivity contribution in [2.24, 2.45) is 0 Å². The second kappa shape index (κ2) is 7.23. The smallest absolute Gasteiger partial charge is 0.307 e. The number of rotatable bonds is 5. The van der Waals surface area contributed by atoms with Gasteiger partial charge in [0.1, 0.15) is 6.61 Å². The highest BCUT2D eigenvalue weighted by atomic mass is 79.9. The van der Waals surface area contributed by atoms with Crippen LogP contribution in [0.5, 0.6) is 0 Å². The molecule has 0 heterocycles. The van der Waals surface area contributed by atoms with Gasteiger partial charge in [-0.25, -0.2) is 0 Å². The third kappa shape index (κ3) is 4.32. The number of ether oxygens (including phenoxy) is 1. The molecule has 0 saturated heterocycles. The number of nitrogens with one attached hydrogen (secondary N) is 1. The summed E-state index contributed by atoms with van der Waals surface area (Å²) in [7, 11) is 1.95. The van der Waals surface area contributed by atoms with Crippen LogP contribution in [0.4, 0.5) is 0 Å². The maximum atomic E-state index is 12.1. The van der Waals surface area contributed by atoms with Crippen molar-refractivity contribution >= 4 is 21.9 Å². The van der Waals surface area contributed by atoms with Crippen LogP contribution in [-0.2, 0) is 16.1 Å². The molecule has 0 aromatic heterocycles. The van der Waals surface area contributed by atoms with Crippen LogP contribution in [0.25, 0.3) is 0 Å². The topological polar surface area (TPSA) is 38.3 Å². The summed E-state index contributed by atoms with van der Waals surface area (Å²) >= 11 is 3.42. The first-order valence-electron chi connectivity index (χ1n) is 7.23.